The number of rotatable bonds is 3. The van der Waals surface area contributed by atoms with Crippen LogP contribution in [0, 0.1) is 0 Å². The molecule has 0 saturated carbocycles. The second-order valence-electron chi connectivity index (χ2n) is 1.71. The topological polar surface area (TPSA) is 0 Å². The molecule has 0 unspecified atom stereocenters. The minimum Gasteiger partial charge on any atom is -1.00 e. The Morgan fingerprint density at radius 3 is 1.25 bits per heavy atom. The minimum absolute atomic E-state index is 0. The molecule has 46 valence electrons. The van der Waals surface area contributed by atoms with Crippen LogP contribution in [0.1, 0.15) is 39.5 Å². The van der Waals surface area contributed by atoms with Gasteiger partial charge in [0.15, 0.2) is 0 Å². The molecule has 0 aliphatic rings. The van der Waals surface area contributed by atoms with Crippen LogP contribution in [0.4, 0.5) is 0 Å². The van der Waals surface area contributed by atoms with E-state index in [1.54, 1.807) is 0 Å². The van der Waals surface area contributed by atoms with Crippen molar-refractivity contribution in [2.75, 3.05) is 0 Å². The summed E-state index contributed by atoms with van der Waals surface area (Å²) in [7, 11) is 0. The summed E-state index contributed by atoms with van der Waals surface area (Å²) in [5.74, 6) is 0. The molecule has 0 nitrogen and oxygen atoms in total. The van der Waals surface area contributed by atoms with Gasteiger partial charge in [-0.3, -0.25) is 0 Å². The summed E-state index contributed by atoms with van der Waals surface area (Å²) < 4.78 is 0. The molecule has 0 spiro atoms. The Morgan fingerprint density at radius 2 is 1.12 bits per heavy atom. The van der Waals surface area contributed by atoms with Crippen molar-refractivity contribution in [3.63, 3.8) is 0 Å². The molecule has 2 heteroatoms. The molecule has 0 aromatic heterocycles. The van der Waals surface area contributed by atoms with Crippen LogP contribution in [0.25, 0.3) is 0 Å². The van der Waals surface area contributed by atoms with Gasteiger partial charge in [-0.2, -0.15) is 0 Å². The Morgan fingerprint density at radius 1 is 0.875 bits per heavy atom. The van der Waals surface area contributed by atoms with Crippen LogP contribution in [0.15, 0.2) is 0 Å². The third kappa shape index (κ3) is 15.7. The van der Waals surface area contributed by atoms with Crippen LogP contribution < -0.4 is 35.8 Å². The fourth-order valence-corrected chi connectivity index (χ4v) is 0.500. The molecule has 0 heterocycles. The molecule has 0 bridgehead atoms. The van der Waals surface area contributed by atoms with Crippen molar-refractivity contribution in [3.8, 4) is 0 Å². The SMILES string of the molecule is CCCCCC.[Br-].[Li+]. The van der Waals surface area contributed by atoms with E-state index >= 15 is 0 Å². The van der Waals surface area contributed by atoms with Crippen LogP contribution in [-0.4, -0.2) is 0 Å². The maximum absolute atomic E-state index is 2.23. The van der Waals surface area contributed by atoms with Crippen molar-refractivity contribution in [2.24, 2.45) is 0 Å². The van der Waals surface area contributed by atoms with E-state index in [-0.39, 0.29) is 35.8 Å². The molecular weight excluding hydrogens is 159 g/mol. The Kier molecular flexibility index (Phi) is 31.5. The van der Waals surface area contributed by atoms with Gasteiger partial charge in [-0.15, -0.1) is 0 Å². The summed E-state index contributed by atoms with van der Waals surface area (Å²) in [5.41, 5.74) is 0. The summed E-state index contributed by atoms with van der Waals surface area (Å²) in [6.07, 6.45) is 5.54. The van der Waals surface area contributed by atoms with Gasteiger partial charge in [0.2, 0.25) is 0 Å². The van der Waals surface area contributed by atoms with Gasteiger partial charge in [0, 0.05) is 0 Å². The molecule has 0 radical (unpaired) electrons. The second kappa shape index (κ2) is 15.7. The van der Waals surface area contributed by atoms with Crippen LogP contribution in [-0.2, 0) is 0 Å². The third-order valence-corrected chi connectivity index (χ3v) is 0.957. The number of hydrogen-bond acceptors (Lipinski definition) is 0. The Labute approximate surface area is 75.4 Å². The Bertz CT molecular complexity index is 20.5. The van der Waals surface area contributed by atoms with Crippen molar-refractivity contribution in [2.45, 2.75) is 39.5 Å². The predicted octanol–water partition coefficient (Wildman–Crippen LogP) is -3.41. The van der Waals surface area contributed by atoms with E-state index in [1.165, 1.54) is 25.7 Å². The smallest absolute Gasteiger partial charge is 1.00 e. The number of unbranched alkanes of at least 4 members (excludes halogenated alkanes) is 3. The third-order valence-electron chi connectivity index (χ3n) is 0.957. The van der Waals surface area contributed by atoms with Gasteiger partial charge < -0.3 is 17.0 Å². The summed E-state index contributed by atoms with van der Waals surface area (Å²) >= 11 is 0. The quantitative estimate of drug-likeness (QED) is 0.308. The first kappa shape index (κ1) is 16.0. The minimum atomic E-state index is 0. The van der Waals surface area contributed by atoms with Crippen molar-refractivity contribution < 1.29 is 35.8 Å². The summed E-state index contributed by atoms with van der Waals surface area (Å²) in [6, 6.07) is 0. The van der Waals surface area contributed by atoms with Gasteiger partial charge in [-0.05, 0) is 0 Å². The Balaban J connectivity index is -0.000000125. The number of hydrogen-bond donors (Lipinski definition) is 0. The molecule has 0 aromatic rings. The average molecular weight is 173 g/mol. The molecule has 0 aliphatic carbocycles. The van der Waals surface area contributed by atoms with E-state index in [0.29, 0.717) is 0 Å². The van der Waals surface area contributed by atoms with E-state index in [2.05, 4.69) is 13.8 Å². The average Bonchev–Trinajstić information content (AvgIpc) is 1.61. The maximum atomic E-state index is 2.23. The second-order valence-corrected chi connectivity index (χ2v) is 1.71. The van der Waals surface area contributed by atoms with E-state index in [9.17, 15) is 0 Å². The van der Waals surface area contributed by atoms with E-state index in [4.69, 9.17) is 0 Å². The van der Waals surface area contributed by atoms with Gasteiger partial charge in [0.05, 0.1) is 0 Å². The summed E-state index contributed by atoms with van der Waals surface area (Å²) in [4.78, 5) is 0. The first-order chi connectivity index (χ1) is 2.91. The van der Waals surface area contributed by atoms with E-state index < -0.39 is 0 Å². The van der Waals surface area contributed by atoms with Crippen molar-refractivity contribution in [1.29, 1.82) is 0 Å². The fraction of sp³-hybridized carbons (Fsp3) is 1.00. The first-order valence-corrected chi connectivity index (χ1v) is 2.91. The standard InChI is InChI=1S/C6H14.BrH.Li/c1-3-5-6-4-2;;/h3-6H2,1-2H3;1H;/q;;+1/p-1. The largest absolute Gasteiger partial charge is 1.00 e. The molecule has 0 aromatic carbocycles. The van der Waals surface area contributed by atoms with Crippen molar-refractivity contribution in [1.82, 2.24) is 0 Å². The normalized spacial score (nSPS) is 6.75. The van der Waals surface area contributed by atoms with Crippen molar-refractivity contribution in [3.05, 3.63) is 0 Å². The summed E-state index contributed by atoms with van der Waals surface area (Å²) in [5, 5.41) is 0. The molecule has 0 fully saturated rings. The zero-order valence-electron chi connectivity index (χ0n) is 6.21. The molecule has 0 atom stereocenters. The molecular formula is C6H14BrLi. The molecule has 8 heavy (non-hydrogen) atoms. The van der Waals surface area contributed by atoms with Gasteiger partial charge in [0.1, 0.15) is 0 Å². The van der Waals surface area contributed by atoms with Crippen LogP contribution in [0.2, 0.25) is 0 Å². The first-order valence-electron chi connectivity index (χ1n) is 2.91. The molecule has 0 rings (SSSR count). The van der Waals surface area contributed by atoms with Gasteiger partial charge in [-0.1, -0.05) is 39.5 Å². The zero-order chi connectivity index (χ0) is 4.83. The van der Waals surface area contributed by atoms with Crippen LogP contribution >= 0.6 is 0 Å². The van der Waals surface area contributed by atoms with Gasteiger partial charge >= 0.3 is 18.9 Å². The summed E-state index contributed by atoms with van der Waals surface area (Å²) in [6.45, 7) is 4.46. The number of halogens is 1. The molecule has 0 N–H and O–H groups in total. The van der Waals surface area contributed by atoms with E-state index in [0.717, 1.165) is 0 Å². The van der Waals surface area contributed by atoms with Crippen LogP contribution in [0.5, 0.6) is 0 Å². The van der Waals surface area contributed by atoms with Crippen molar-refractivity contribution >= 4 is 0 Å². The van der Waals surface area contributed by atoms with Gasteiger partial charge in [0.25, 0.3) is 0 Å². The zero-order valence-corrected chi connectivity index (χ0v) is 7.79. The van der Waals surface area contributed by atoms with E-state index in [1.807, 2.05) is 0 Å². The predicted molar refractivity (Wildman–Crippen MR) is 29.8 cm³/mol. The molecule has 0 amide bonds. The Hall–Kier alpha value is 1.08. The maximum Gasteiger partial charge on any atom is 1.00 e. The van der Waals surface area contributed by atoms with Crippen LogP contribution in [0.3, 0.4) is 0 Å². The monoisotopic (exact) mass is 172 g/mol. The fourth-order valence-electron chi connectivity index (χ4n) is 0.500. The van der Waals surface area contributed by atoms with Gasteiger partial charge in [-0.25, -0.2) is 0 Å². The molecule has 0 saturated heterocycles. The molecule has 0 aliphatic heterocycles.